The zero-order valence-electron chi connectivity index (χ0n) is 15.2. The number of hydrogen-bond donors (Lipinski definition) is 1. The quantitative estimate of drug-likeness (QED) is 0.213. The first kappa shape index (κ1) is 21.4. The van der Waals surface area contributed by atoms with Crippen LogP contribution < -0.4 is 5.32 Å². The third-order valence-corrected chi connectivity index (χ3v) is 4.08. The second-order valence-electron chi connectivity index (χ2n) is 5.90. The summed E-state index contributed by atoms with van der Waals surface area (Å²) in [6.45, 7) is 5.25. The highest BCUT2D eigenvalue weighted by Gasteiger charge is 2.41. The van der Waals surface area contributed by atoms with Gasteiger partial charge in [-0.2, -0.15) is 0 Å². The summed E-state index contributed by atoms with van der Waals surface area (Å²) in [6, 6.07) is -1.42. The number of carbonyl (C=O) groups is 1. The minimum atomic E-state index is -1.01. The van der Waals surface area contributed by atoms with Crippen LogP contribution in [-0.4, -0.2) is 50.7 Å². The second kappa shape index (κ2) is 11.0. The molecule has 0 heterocycles. The molecule has 1 aliphatic carbocycles. The van der Waals surface area contributed by atoms with E-state index in [0.29, 0.717) is 18.4 Å². The summed E-state index contributed by atoms with van der Waals surface area (Å²) < 4.78 is 31.0. The Hall–Kier alpha value is -1.67. The molecule has 0 unspecified atom stereocenters. The van der Waals surface area contributed by atoms with Crippen molar-refractivity contribution in [3.8, 4) is 0 Å². The van der Waals surface area contributed by atoms with Crippen molar-refractivity contribution in [1.82, 2.24) is 5.32 Å². The zero-order valence-corrected chi connectivity index (χ0v) is 15.2. The van der Waals surface area contributed by atoms with Crippen LogP contribution >= 0.6 is 0 Å². The van der Waals surface area contributed by atoms with Gasteiger partial charge in [0.1, 0.15) is 18.7 Å². The number of azide groups is 1. The Balaban J connectivity index is 3.16. The number of methoxy groups -OCH3 is 1. The molecule has 3 atom stereocenters. The third kappa shape index (κ3) is 6.28. The Morgan fingerprint density at radius 3 is 2.68 bits per heavy atom. The van der Waals surface area contributed by atoms with Gasteiger partial charge in [-0.25, -0.2) is 4.39 Å². The molecule has 0 aromatic heterocycles. The van der Waals surface area contributed by atoms with Crippen molar-refractivity contribution in [2.75, 3.05) is 20.5 Å². The minimum Gasteiger partial charge on any atom is -0.366 e. The smallest absolute Gasteiger partial charge is 0.217 e. The standard InChI is InChI=1S/C16H27FN4O4/c1-5-12(6-2)25-16-14(17)11(8-24-9-23-4)7-13(20-21-18)15(16)19-10(3)22/h12-13,15-16H,5-9H2,1-4H3,(H,19,22)/t13-,15+,16+/m0/s1. The first-order valence-electron chi connectivity index (χ1n) is 8.39. The van der Waals surface area contributed by atoms with E-state index in [1.54, 1.807) is 0 Å². The summed E-state index contributed by atoms with van der Waals surface area (Å²) in [5, 5.41) is 6.41. The highest BCUT2D eigenvalue weighted by Crippen LogP contribution is 2.32. The van der Waals surface area contributed by atoms with Gasteiger partial charge < -0.3 is 19.5 Å². The molecule has 142 valence electrons. The number of carbonyl (C=O) groups excluding carboxylic acids is 1. The van der Waals surface area contributed by atoms with E-state index in [1.165, 1.54) is 14.0 Å². The summed E-state index contributed by atoms with van der Waals surface area (Å²) in [7, 11) is 1.47. The van der Waals surface area contributed by atoms with E-state index in [0.717, 1.165) is 0 Å². The van der Waals surface area contributed by atoms with Gasteiger partial charge in [0, 0.05) is 18.9 Å². The van der Waals surface area contributed by atoms with E-state index < -0.39 is 24.0 Å². The van der Waals surface area contributed by atoms with Crippen LogP contribution in [0, 0.1) is 0 Å². The molecular weight excluding hydrogens is 331 g/mol. The molecule has 0 aromatic carbocycles. The molecule has 1 amide bonds. The van der Waals surface area contributed by atoms with Crippen LogP contribution in [-0.2, 0) is 19.0 Å². The van der Waals surface area contributed by atoms with Gasteiger partial charge in [0.25, 0.3) is 0 Å². The van der Waals surface area contributed by atoms with Crippen LogP contribution in [0.4, 0.5) is 4.39 Å². The molecule has 9 heteroatoms. The van der Waals surface area contributed by atoms with Gasteiger partial charge in [-0.1, -0.05) is 19.0 Å². The van der Waals surface area contributed by atoms with Gasteiger partial charge in [-0.05, 0) is 30.4 Å². The summed E-state index contributed by atoms with van der Waals surface area (Å²) in [6.07, 6.45) is 0.369. The number of hydrogen-bond acceptors (Lipinski definition) is 5. The van der Waals surface area contributed by atoms with Crippen molar-refractivity contribution in [3.63, 3.8) is 0 Å². The lowest BCUT2D eigenvalue weighted by molar-refractivity contribution is -0.122. The summed E-state index contributed by atoms with van der Waals surface area (Å²) >= 11 is 0. The average Bonchev–Trinajstić information content (AvgIpc) is 2.58. The van der Waals surface area contributed by atoms with Crippen LogP contribution in [0.2, 0.25) is 0 Å². The molecule has 25 heavy (non-hydrogen) atoms. The lowest BCUT2D eigenvalue weighted by Crippen LogP contribution is -2.54. The normalized spacial score (nSPS) is 23.5. The molecule has 0 radical (unpaired) electrons. The number of rotatable bonds is 10. The topological polar surface area (TPSA) is 106 Å². The molecule has 0 aromatic rings. The number of halogens is 1. The molecule has 0 fully saturated rings. The third-order valence-electron chi connectivity index (χ3n) is 4.08. The molecule has 0 bridgehead atoms. The maximum absolute atomic E-state index is 15.0. The van der Waals surface area contributed by atoms with E-state index in [-0.39, 0.29) is 31.8 Å². The molecule has 1 N–H and O–H groups in total. The molecule has 0 saturated heterocycles. The lowest BCUT2D eigenvalue weighted by atomic mass is 9.87. The first-order valence-corrected chi connectivity index (χ1v) is 8.39. The highest BCUT2D eigenvalue weighted by atomic mass is 19.1. The van der Waals surface area contributed by atoms with E-state index in [4.69, 9.17) is 19.7 Å². The predicted molar refractivity (Wildman–Crippen MR) is 90.4 cm³/mol. The Morgan fingerprint density at radius 2 is 2.16 bits per heavy atom. The first-order chi connectivity index (χ1) is 12.0. The van der Waals surface area contributed by atoms with E-state index in [2.05, 4.69) is 15.3 Å². The minimum absolute atomic E-state index is 0.00664. The molecule has 0 aliphatic heterocycles. The van der Waals surface area contributed by atoms with Gasteiger partial charge in [0.05, 0.1) is 24.8 Å². The monoisotopic (exact) mass is 358 g/mol. The molecule has 1 rings (SSSR count). The number of nitrogens with zero attached hydrogens (tertiary/aromatic N) is 3. The van der Waals surface area contributed by atoms with Gasteiger partial charge in [-0.3, -0.25) is 4.79 Å². The Morgan fingerprint density at radius 1 is 1.48 bits per heavy atom. The maximum atomic E-state index is 15.0. The largest absolute Gasteiger partial charge is 0.366 e. The average molecular weight is 358 g/mol. The van der Waals surface area contributed by atoms with Crippen molar-refractivity contribution >= 4 is 5.91 Å². The molecule has 0 spiro atoms. The second-order valence-corrected chi connectivity index (χ2v) is 5.90. The number of amides is 1. The van der Waals surface area contributed by atoms with Gasteiger partial charge >= 0.3 is 0 Å². The van der Waals surface area contributed by atoms with Gasteiger partial charge in [0.15, 0.2) is 0 Å². The number of nitrogens with one attached hydrogen (secondary N) is 1. The van der Waals surface area contributed by atoms with Crippen molar-refractivity contribution in [3.05, 3.63) is 21.8 Å². The van der Waals surface area contributed by atoms with Crippen molar-refractivity contribution < 1.29 is 23.4 Å². The van der Waals surface area contributed by atoms with Gasteiger partial charge in [-0.15, -0.1) is 0 Å². The fourth-order valence-corrected chi connectivity index (χ4v) is 2.83. The van der Waals surface area contributed by atoms with Crippen LogP contribution in [0.3, 0.4) is 0 Å². The maximum Gasteiger partial charge on any atom is 0.217 e. The van der Waals surface area contributed by atoms with Crippen LogP contribution in [0.5, 0.6) is 0 Å². The molecule has 8 nitrogen and oxygen atoms in total. The van der Waals surface area contributed by atoms with E-state index >= 15 is 4.39 Å². The zero-order chi connectivity index (χ0) is 18.8. The predicted octanol–water partition coefficient (Wildman–Crippen LogP) is 2.99. The van der Waals surface area contributed by atoms with Crippen molar-refractivity contribution in [2.24, 2.45) is 5.11 Å². The lowest BCUT2D eigenvalue weighted by Gasteiger charge is -2.38. The van der Waals surface area contributed by atoms with E-state index in [1.807, 2.05) is 13.8 Å². The Bertz CT molecular complexity index is 518. The summed E-state index contributed by atoms with van der Waals surface area (Å²) in [4.78, 5) is 14.4. The fourth-order valence-electron chi connectivity index (χ4n) is 2.83. The van der Waals surface area contributed by atoms with Crippen LogP contribution in [0.1, 0.15) is 40.0 Å². The van der Waals surface area contributed by atoms with Crippen LogP contribution in [0.15, 0.2) is 16.5 Å². The van der Waals surface area contributed by atoms with E-state index in [9.17, 15) is 4.79 Å². The fraction of sp³-hybridized carbons (Fsp3) is 0.812. The number of ether oxygens (including phenoxy) is 3. The Kier molecular flexibility index (Phi) is 9.44. The Labute approximate surface area is 147 Å². The molecule has 0 saturated carbocycles. The van der Waals surface area contributed by atoms with Crippen LogP contribution in [0.25, 0.3) is 10.4 Å². The van der Waals surface area contributed by atoms with Gasteiger partial charge in [0.2, 0.25) is 5.91 Å². The summed E-state index contributed by atoms with van der Waals surface area (Å²) in [5.41, 5.74) is 9.19. The van der Waals surface area contributed by atoms with Crippen molar-refractivity contribution in [1.29, 1.82) is 0 Å². The SMILES string of the molecule is CCC(CC)O[C@@H]1C(F)=C(COCOC)C[C@H](N=[N+]=[N-])[C@H]1NC(C)=O. The van der Waals surface area contributed by atoms with Crippen molar-refractivity contribution in [2.45, 2.75) is 64.3 Å². The highest BCUT2D eigenvalue weighted by molar-refractivity contribution is 5.73. The summed E-state index contributed by atoms with van der Waals surface area (Å²) in [5.74, 6) is -0.820. The molecule has 1 aliphatic rings. The molecular formula is C16H27FN4O4.